The molecule has 2 atom stereocenters. The summed E-state index contributed by atoms with van der Waals surface area (Å²) in [6, 6.07) is 0.314. The standard InChI is InChI=1S/C12H22N4O3S/c1-8(7-20-4)13-5-11(17)6-15-10(3)12(16(18)19)9(2)14-15/h8,11,13,17H,5-7H2,1-4H3. The first kappa shape index (κ1) is 16.9. The van der Waals surface area contributed by atoms with Crippen LogP contribution in [0.5, 0.6) is 0 Å². The van der Waals surface area contributed by atoms with Gasteiger partial charge in [-0.3, -0.25) is 14.8 Å². The molecule has 2 N–H and O–H groups in total. The lowest BCUT2D eigenvalue weighted by Gasteiger charge is -2.16. The highest BCUT2D eigenvalue weighted by Crippen LogP contribution is 2.21. The molecule has 0 spiro atoms. The number of aliphatic hydroxyl groups excluding tert-OH is 1. The van der Waals surface area contributed by atoms with Crippen molar-refractivity contribution in [2.45, 2.75) is 39.5 Å². The molecule has 2 unspecified atom stereocenters. The van der Waals surface area contributed by atoms with E-state index in [0.29, 0.717) is 24.0 Å². The van der Waals surface area contributed by atoms with Gasteiger partial charge < -0.3 is 10.4 Å². The number of rotatable bonds is 8. The van der Waals surface area contributed by atoms with Gasteiger partial charge >= 0.3 is 5.69 Å². The van der Waals surface area contributed by atoms with Gasteiger partial charge in [0.1, 0.15) is 11.4 Å². The van der Waals surface area contributed by atoms with E-state index in [1.807, 2.05) is 6.26 Å². The quantitative estimate of drug-likeness (QED) is 0.552. The highest BCUT2D eigenvalue weighted by molar-refractivity contribution is 7.98. The zero-order valence-corrected chi connectivity index (χ0v) is 13.1. The van der Waals surface area contributed by atoms with Gasteiger partial charge in [0.2, 0.25) is 0 Å². The molecule has 114 valence electrons. The van der Waals surface area contributed by atoms with Crippen molar-refractivity contribution in [3.05, 3.63) is 21.5 Å². The number of aryl methyl sites for hydroxylation is 1. The Morgan fingerprint density at radius 3 is 2.70 bits per heavy atom. The SMILES string of the molecule is CSCC(C)NCC(O)Cn1nc(C)c([N+](=O)[O-])c1C. The lowest BCUT2D eigenvalue weighted by molar-refractivity contribution is -0.386. The summed E-state index contributed by atoms with van der Waals surface area (Å²) >= 11 is 1.74. The van der Waals surface area contributed by atoms with E-state index in [-0.39, 0.29) is 12.2 Å². The summed E-state index contributed by atoms with van der Waals surface area (Å²) in [6.45, 7) is 5.99. The minimum absolute atomic E-state index is 0.0286. The van der Waals surface area contributed by atoms with Gasteiger partial charge in [0.15, 0.2) is 0 Å². The summed E-state index contributed by atoms with van der Waals surface area (Å²) in [7, 11) is 0. The fourth-order valence-corrected chi connectivity index (χ4v) is 2.66. The van der Waals surface area contributed by atoms with Crippen molar-refractivity contribution in [3.63, 3.8) is 0 Å². The maximum atomic E-state index is 10.9. The van der Waals surface area contributed by atoms with Crippen LogP contribution in [0.15, 0.2) is 0 Å². The fraction of sp³-hybridized carbons (Fsp3) is 0.750. The lowest BCUT2D eigenvalue weighted by atomic mass is 10.3. The number of aliphatic hydroxyl groups is 1. The molecule has 0 amide bonds. The summed E-state index contributed by atoms with van der Waals surface area (Å²) in [5, 5.41) is 28.2. The topological polar surface area (TPSA) is 93.2 Å². The number of hydrogen-bond acceptors (Lipinski definition) is 6. The zero-order chi connectivity index (χ0) is 15.3. The van der Waals surface area contributed by atoms with Gasteiger partial charge in [0, 0.05) is 18.3 Å². The molecule has 0 saturated carbocycles. The lowest BCUT2D eigenvalue weighted by Crippen LogP contribution is -2.37. The second-order valence-corrected chi connectivity index (χ2v) is 5.79. The van der Waals surface area contributed by atoms with Crippen molar-refractivity contribution >= 4 is 17.4 Å². The van der Waals surface area contributed by atoms with Crippen LogP contribution >= 0.6 is 11.8 Å². The molecule has 0 aliphatic carbocycles. The molecule has 0 fully saturated rings. The number of hydrogen-bond donors (Lipinski definition) is 2. The number of nitrogens with one attached hydrogen (secondary N) is 1. The van der Waals surface area contributed by atoms with Gasteiger partial charge in [-0.2, -0.15) is 16.9 Å². The third kappa shape index (κ3) is 4.46. The van der Waals surface area contributed by atoms with E-state index in [0.717, 1.165) is 5.75 Å². The molecule has 0 aliphatic rings. The zero-order valence-electron chi connectivity index (χ0n) is 12.3. The monoisotopic (exact) mass is 302 g/mol. The summed E-state index contributed by atoms with van der Waals surface area (Å²) in [4.78, 5) is 10.5. The largest absolute Gasteiger partial charge is 0.390 e. The minimum Gasteiger partial charge on any atom is -0.390 e. The van der Waals surface area contributed by atoms with Crippen molar-refractivity contribution in [2.24, 2.45) is 0 Å². The Bertz CT molecular complexity index is 464. The van der Waals surface area contributed by atoms with Gasteiger partial charge in [-0.05, 0) is 27.0 Å². The first-order chi connectivity index (χ1) is 9.36. The first-order valence-corrected chi connectivity index (χ1v) is 7.85. The highest BCUT2D eigenvalue weighted by Gasteiger charge is 2.22. The van der Waals surface area contributed by atoms with Crippen molar-refractivity contribution in [1.82, 2.24) is 15.1 Å². The Kier molecular flexibility index (Phi) is 6.44. The van der Waals surface area contributed by atoms with Gasteiger partial charge in [0.05, 0.1) is 17.6 Å². The fourth-order valence-electron chi connectivity index (χ4n) is 2.04. The van der Waals surface area contributed by atoms with Crippen LogP contribution < -0.4 is 5.32 Å². The molecule has 20 heavy (non-hydrogen) atoms. The molecule has 0 aromatic carbocycles. The second kappa shape index (κ2) is 7.61. The molecule has 1 aromatic heterocycles. The molecule has 1 rings (SSSR count). The molecule has 0 radical (unpaired) electrons. The summed E-state index contributed by atoms with van der Waals surface area (Å²) in [5.74, 6) is 0.970. The van der Waals surface area contributed by atoms with E-state index in [2.05, 4.69) is 17.3 Å². The van der Waals surface area contributed by atoms with Crippen LogP contribution in [-0.4, -0.2) is 50.5 Å². The molecule has 0 saturated heterocycles. The van der Waals surface area contributed by atoms with Gasteiger partial charge in [-0.25, -0.2) is 0 Å². The smallest absolute Gasteiger partial charge is 0.312 e. The molecular formula is C12H22N4O3S. The van der Waals surface area contributed by atoms with E-state index in [1.54, 1.807) is 25.6 Å². The Hall–Kier alpha value is -1.12. The average molecular weight is 302 g/mol. The van der Waals surface area contributed by atoms with Crippen LogP contribution in [0.25, 0.3) is 0 Å². The Morgan fingerprint density at radius 1 is 1.55 bits per heavy atom. The third-order valence-corrected chi connectivity index (χ3v) is 3.86. The molecule has 1 aromatic rings. The van der Waals surface area contributed by atoms with E-state index in [9.17, 15) is 15.2 Å². The highest BCUT2D eigenvalue weighted by atomic mass is 32.2. The predicted octanol–water partition coefficient (Wildman–Crippen LogP) is 1.11. The molecular weight excluding hydrogens is 280 g/mol. The van der Waals surface area contributed by atoms with Gasteiger partial charge in [0.25, 0.3) is 0 Å². The van der Waals surface area contributed by atoms with Crippen molar-refractivity contribution in [3.8, 4) is 0 Å². The van der Waals surface area contributed by atoms with Gasteiger partial charge in [-0.15, -0.1) is 0 Å². The summed E-state index contributed by atoms with van der Waals surface area (Å²) in [6.07, 6.45) is 1.40. The summed E-state index contributed by atoms with van der Waals surface area (Å²) in [5.41, 5.74) is 0.882. The molecule has 8 heteroatoms. The van der Waals surface area contributed by atoms with Crippen LogP contribution in [-0.2, 0) is 6.54 Å². The molecule has 1 heterocycles. The Balaban J connectivity index is 2.60. The van der Waals surface area contributed by atoms with Crippen molar-refractivity contribution in [1.29, 1.82) is 0 Å². The Morgan fingerprint density at radius 2 is 2.20 bits per heavy atom. The number of aromatic nitrogens is 2. The van der Waals surface area contributed by atoms with E-state index >= 15 is 0 Å². The molecule has 7 nitrogen and oxygen atoms in total. The molecule has 0 bridgehead atoms. The van der Waals surface area contributed by atoms with E-state index in [4.69, 9.17) is 0 Å². The normalized spacial score (nSPS) is 14.2. The maximum absolute atomic E-state index is 10.9. The van der Waals surface area contributed by atoms with Crippen LogP contribution in [0.4, 0.5) is 5.69 Å². The first-order valence-electron chi connectivity index (χ1n) is 6.45. The van der Waals surface area contributed by atoms with Crippen LogP contribution in [0.2, 0.25) is 0 Å². The van der Waals surface area contributed by atoms with Crippen LogP contribution in [0, 0.1) is 24.0 Å². The van der Waals surface area contributed by atoms with Crippen LogP contribution in [0.1, 0.15) is 18.3 Å². The minimum atomic E-state index is -0.628. The Labute approximate surface area is 122 Å². The molecule has 0 aliphatic heterocycles. The maximum Gasteiger partial charge on any atom is 0.312 e. The average Bonchev–Trinajstić information content (AvgIpc) is 2.62. The van der Waals surface area contributed by atoms with E-state index < -0.39 is 11.0 Å². The third-order valence-electron chi connectivity index (χ3n) is 3.03. The number of thioether (sulfide) groups is 1. The van der Waals surface area contributed by atoms with Crippen LogP contribution in [0.3, 0.4) is 0 Å². The summed E-state index contributed by atoms with van der Waals surface area (Å²) < 4.78 is 1.50. The van der Waals surface area contributed by atoms with Crippen molar-refractivity contribution in [2.75, 3.05) is 18.6 Å². The number of nitrogens with zero attached hydrogens (tertiary/aromatic N) is 3. The second-order valence-electron chi connectivity index (χ2n) is 4.88. The predicted molar refractivity (Wildman–Crippen MR) is 80.2 cm³/mol. The van der Waals surface area contributed by atoms with Gasteiger partial charge in [-0.1, -0.05) is 0 Å². The van der Waals surface area contributed by atoms with E-state index in [1.165, 1.54) is 4.68 Å². The number of nitro groups is 1. The van der Waals surface area contributed by atoms with Crippen molar-refractivity contribution < 1.29 is 10.0 Å².